The number of nitrogens with zero attached hydrogens (tertiary/aromatic N) is 1. The number of amides is 1. The van der Waals surface area contributed by atoms with Crippen LogP contribution in [0.15, 0.2) is 36.4 Å². The Morgan fingerprint density at radius 1 is 1.53 bits per heavy atom. The van der Waals surface area contributed by atoms with Crippen LogP contribution in [0.5, 0.6) is 0 Å². The Hall–Kier alpha value is -2.28. The third kappa shape index (κ3) is 3.53. The summed E-state index contributed by atoms with van der Waals surface area (Å²) in [5.41, 5.74) is 6.24. The van der Waals surface area contributed by atoms with Crippen LogP contribution >= 0.6 is 0 Å². The highest BCUT2D eigenvalue weighted by atomic mass is 16.1. The van der Waals surface area contributed by atoms with Crippen molar-refractivity contribution < 1.29 is 4.79 Å². The summed E-state index contributed by atoms with van der Waals surface area (Å²) < 4.78 is 0. The smallest absolute Gasteiger partial charge is 0.241 e. The standard InChI is InChI=1S/C11H11N3O/c12-8-9-4-1-2-5-10(9)14-7-3-6-11(13)15/h1-6,14H,7H2,(H2,13,15)/b6-3+. The fourth-order valence-corrected chi connectivity index (χ4v) is 1.08. The average Bonchev–Trinajstić information content (AvgIpc) is 2.24. The summed E-state index contributed by atoms with van der Waals surface area (Å²) in [5, 5.41) is 11.8. The van der Waals surface area contributed by atoms with Crippen LogP contribution in [0.4, 0.5) is 5.69 Å². The molecule has 0 heterocycles. The second-order valence-corrected chi connectivity index (χ2v) is 2.84. The van der Waals surface area contributed by atoms with E-state index in [1.54, 1.807) is 24.3 Å². The summed E-state index contributed by atoms with van der Waals surface area (Å²) in [5.74, 6) is -0.481. The minimum absolute atomic E-state index is 0.460. The van der Waals surface area contributed by atoms with Crippen LogP contribution in [-0.4, -0.2) is 12.5 Å². The summed E-state index contributed by atoms with van der Waals surface area (Å²) >= 11 is 0. The van der Waals surface area contributed by atoms with Crippen molar-refractivity contribution in [3.05, 3.63) is 42.0 Å². The highest BCUT2D eigenvalue weighted by Crippen LogP contribution is 2.12. The molecule has 0 atom stereocenters. The van der Waals surface area contributed by atoms with Gasteiger partial charge in [0.05, 0.1) is 11.3 Å². The van der Waals surface area contributed by atoms with Gasteiger partial charge in [0.2, 0.25) is 5.91 Å². The molecule has 0 aromatic heterocycles. The second kappa shape index (κ2) is 5.45. The number of hydrogen-bond donors (Lipinski definition) is 2. The van der Waals surface area contributed by atoms with Crippen molar-refractivity contribution in [2.24, 2.45) is 5.73 Å². The van der Waals surface area contributed by atoms with Crippen molar-refractivity contribution in [1.82, 2.24) is 0 Å². The van der Waals surface area contributed by atoms with Gasteiger partial charge in [-0.2, -0.15) is 5.26 Å². The number of benzene rings is 1. The van der Waals surface area contributed by atoms with Crippen LogP contribution in [0.2, 0.25) is 0 Å². The number of nitrogens with two attached hydrogens (primary N) is 1. The van der Waals surface area contributed by atoms with Crippen LogP contribution in [0, 0.1) is 11.3 Å². The number of primary amides is 1. The molecule has 1 aromatic rings. The highest BCUT2D eigenvalue weighted by Gasteiger charge is 1.97. The molecule has 0 spiro atoms. The van der Waals surface area contributed by atoms with E-state index >= 15 is 0 Å². The van der Waals surface area contributed by atoms with Crippen molar-refractivity contribution in [2.75, 3.05) is 11.9 Å². The van der Waals surface area contributed by atoms with Gasteiger partial charge in [-0.05, 0) is 12.1 Å². The zero-order valence-corrected chi connectivity index (χ0v) is 8.10. The van der Waals surface area contributed by atoms with Crippen molar-refractivity contribution in [1.29, 1.82) is 5.26 Å². The molecule has 4 heteroatoms. The Labute approximate surface area is 88.0 Å². The van der Waals surface area contributed by atoms with Crippen LogP contribution in [0.1, 0.15) is 5.56 Å². The molecule has 1 rings (SSSR count). The zero-order valence-electron chi connectivity index (χ0n) is 8.10. The van der Waals surface area contributed by atoms with E-state index in [2.05, 4.69) is 11.4 Å². The number of carbonyl (C=O) groups is 1. The number of nitriles is 1. The lowest BCUT2D eigenvalue weighted by atomic mass is 10.2. The van der Waals surface area contributed by atoms with Gasteiger partial charge < -0.3 is 11.1 Å². The molecule has 15 heavy (non-hydrogen) atoms. The number of hydrogen-bond acceptors (Lipinski definition) is 3. The van der Waals surface area contributed by atoms with Crippen LogP contribution < -0.4 is 11.1 Å². The van der Waals surface area contributed by atoms with Gasteiger partial charge in [0, 0.05) is 12.6 Å². The topological polar surface area (TPSA) is 78.9 Å². The molecule has 0 saturated carbocycles. The number of anilines is 1. The van der Waals surface area contributed by atoms with E-state index in [1.807, 2.05) is 6.07 Å². The molecule has 0 aliphatic rings. The third-order valence-electron chi connectivity index (χ3n) is 1.74. The number of rotatable bonds is 4. The van der Waals surface area contributed by atoms with Gasteiger partial charge in [-0.15, -0.1) is 0 Å². The minimum Gasteiger partial charge on any atom is -0.380 e. The van der Waals surface area contributed by atoms with Crippen molar-refractivity contribution >= 4 is 11.6 Å². The largest absolute Gasteiger partial charge is 0.380 e. The van der Waals surface area contributed by atoms with Gasteiger partial charge in [0.25, 0.3) is 0 Å². The maximum Gasteiger partial charge on any atom is 0.241 e. The quantitative estimate of drug-likeness (QED) is 0.713. The van der Waals surface area contributed by atoms with Gasteiger partial charge >= 0.3 is 0 Å². The summed E-state index contributed by atoms with van der Waals surface area (Å²) in [4.78, 5) is 10.4. The Morgan fingerprint density at radius 2 is 2.27 bits per heavy atom. The van der Waals surface area contributed by atoms with Gasteiger partial charge in [-0.1, -0.05) is 18.2 Å². The van der Waals surface area contributed by atoms with E-state index < -0.39 is 5.91 Å². The number of nitrogens with one attached hydrogen (secondary N) is 1. The average molecular weight is 201 g/mol. The monoisotopic (exact) mass is 201 g/mol. The maximum atomic E-state index is 10.4. The van der Waals surface area contributed by atoms with E-state index in [0.29, 0.717) is 12.1 Å². The summed E-state index contributed by atoms with van der Waals surface area (Å²) in [6.07, 6.45) is 2.89. The second-order valence-electron chi connectivity index (χ2n) is 2.84. The fraction of sp³-hybridized carbons (Fsp3) is 0.0909. The predicted octanol–water partition coefficient (Wildman–Crippen LogP) is 1.01. The normalized spacial score (nSPS) is 9.80. The number of carbonyl (C=O) groups excluding carboxylic acids is 1. The molecule has 4 nitrogen and oxygen atoms in total. The highest BCUT2D eigenvalue weighted by molar-refractivity contribution is 5.85. The Bertz CT molecular complexity index is 418. The first-order valence-electron chi connectivity index (χ1n) is 4.43. The number of para-hydroxylation sites is 1. The first-order valence-corrected chi connectivity index (χ1v) is 4.43. The van der Waals surface area contributed by atoms with Gasteiger partial charge in [0.1, 0.15) is 6.07 Å². The zero-order chi connectivity index (χ0) is 11.1. The molecule has 0 aliphatic heterocycles. The van der Waals surface area contributed by atoms with Crippen molar-refractivity contribution in [2.45, 2.75) is 0 Å². The Balaban J connectivity index is 2.58. The van der Waals surface area contributed by atoms with Gasteiger partial charge in [-0.3, -0.25) is 4.79 Å². The van der Waals surface area contributed by atoms with Crippen LogP contribution in [0.25, 0.3) is 0 Å². The molecular weight excluding hydrogens is 190 g/mol. The molecule has 0 radical (unpaired) electrons. The molecule has 0 aliphatic carbocycles. The van der Waals surface area contributed by atoms with Gasteiger partial charge in [-0.25, -0.2) is 0 Å². The SMILES string of the molecule is N#Cc1ccccc1NC/C=C/C(N)=O. The van der Waals surface area contributed by atoms with E-state index in [4.69, 9.17) is 11.0 Å². The molecule has 0 saturated heterocycles. The Kier molecular flexibility index (Phi) is 3.92. The van der Waals surface area contributed by atoms with E-state index in [0.717, 1.165) is 5.69 Å². The molecule has 3 N–H and O–H groups in total. The molecule has 0 unspecified atom stereocenters. The summed E-state index contributed by atoms with van der Waals surface area (Å²) in [7, 11) is 0. The van der Waals surface area contributed by atoms with Crippen LogP contribution in [-0.2, 0) is 4.79 Å². The molecule has 0 fully saturated rings. The summed E-state index contributed by atoms with van der Waals surface area (Å²) in [6.45, 7) is 0.460. The lowest BCUT2D eigenvalue weighted by molar-refractivity contribution is -0.113. The third-order valence-corrected chi connectivity index (χ3v) is 1.74. The molecule has 1 amide bonds. The summed E-state index contributed by atoms with van der Waals surface area (Å²) in [6, 6.07) is 9.22. The predicted molar refractivity (Wildman–Crippen MR) is 58.0 cm³/mol. The van der Waals surface area contributed by atoms with Gasteiger partial charge in [0.15, 0.2) is 0 Å². The maximum absolute atomic E-state index is 10.4. The first kappa shape index (κ1) is 10.8. The first-order chi connectivity index (χ1) is 7.24. The van der Waals surface area contributed by atoms with Crippen molar-refractivity contribution in [3.63, 3.8) is 0 Å². The lowest BCUT2D eigenvalue weighted by Crippen LogP contribution is -2.07. The molecule has 76 valence electrons. The van der Waals surface area contributed by atoms with E-state index in [1.165, 1.54) is 6.08 Å². The molecule has 0 bridgehead atoms. The Morgan fingerprint density at radius 3 is 2.93 bits per heavy atom. The minimum atomic E-state index is -0.481. The van der Waals surface area contributed by atoms with Crippen molar-refractivity contribution in [3.8, 4) is 6.07 Å². The van der Waals surface area contributed by atoms with Crippen LogP contribution in [0.3, 0.4) is 0 Å². The van der Waals surface area contributed by atoms with E-state index in [9.17, 15) is 4.79 Å². The lowest BCUT2D eigenvalue weighted by Gasteiger charge is -2.04. The molecular formula is C11H11N3O. The fourth-order valence-electron chi connectivity index (χ4n) is 1.08. The van der Waals surface area contributed by atoms with E-state index in [-0.39, 0.29) is 0 Å². The molecule has 1 aromatic carbocycles.